The molecule has 0 spiro atoms. The number of aryl methyl sites for hydroxylation is 1. The first-order chi connectivity index (χ1) is 16.2. The second-order valence-electron chi connectivity index (χ2n) is 8.48. The molecule has 33 heavy (non-hydrogen) atoms. The van der Waals surface area contributed by atoms with E-state index in [2.05, 4.69) is 41.0 Å². The Balaban J connectivity index is 1.36. The van der Waals surface area contributed by atoms with Gasteiger partial charge in [0.05, 0.1) is 6.04 Å². The maximum Gasteiger partial charge on any atom is 0.321 e. The minimum atomic E-state index is -0.187. The van der Waals surface area contributed by atoms with Crippen LogP contribution in [0, 0.1) is 0 Å². The third-order valence-corrected chi connectivity index (χ3v) is 6.14. The van der Waals surface area contributed by atoms with Crippen molar-refractivity contribution in [2.45, 2.75) is 38.1 Å². The van der Waals surface area contributed by atoms with Crippen molar-refractivity contribution in [3.05, 3.63) is 102 Å². The van der Waals surface area contributed by atoms with Crippen LogP contribution in [0.3, 0.4) is 0 Å². The molecular weight excluding hydrogens is 410 g/mol. The van der Waals surface area contributed by atoms with Gasteiger partial charge in [-0.05, 0) is 54.5 Å². The van der Waals surface area contributed by atoms with Gasteiger partial charge in [-0.15, -0.1) is 0 Å². The van der Waals surface area contributed by atoms with Gasteiger partial charge in [0.25, 0.3) is 0 Å². The van der Waals surface area contributed by atoms with Gasteiger partial charge in [-0.25, -0.2) is 4.79 Å². The molecule has 0 bridgehead atoms. The van der Waals surface area contributed by atoms with Crippen LogP contribution in [0.2, 0.25) is 0 Å². The lowest BCUT2D eigenvalue weighted by Gasteiger charge is -2.27. The van der Waals surface area contributed by atoms with Gasteiger partial charge in [-0.1, -0.05) is 72.8 Å². The first-order valence-corrected chi connectivity index (χ1v) is 11.7. The fraction of sp³-hybridized carbons (Fsp3) is 0.286. The van der Waals surface area contributed by atoms with E-state index in [9.17, 15) is 9.59 Å². The summed E-state index contributed by atoms with van der Waals surface area (Å²) < 4.78 is 0. The van der Waals surface area contributed by atoms with E-state index >= 15 is 0 Å². The van der Waals surface area contributed by atoms with Gasteiger partial charge in [-0.2, -0.15) is 0 Å². The summed E-state index contributed by atoms with van der Waals surface area (Å²) in [5.74, 6) is -0.0195. The van der Waals surface area contributed by atoms with Crippen molar-refractivity contribution in [2.24, 2.45) is 0 Å². The monoisotopic (exact) mass is 441 g/mol. The smallest absolute Gasteiger partial charge is 0.321 e. The Bertz CT molecular complexity index is 1050. The maximum atomic E-state index is 13.0. The molecule has 3 aromatic carbocycles. The summed E-state index contributed by atoms with van der Waals surface area (Å²) in [6.07, 6.45) is 4.10. The van der Waals surface area contributed by atoms with E-state index in [4.69, 9.17) is 0 Å². The number of nitrogens with one attached hydrogen (secondary N) is 2. The number of carbonyl (C=O) groups excluding carboxylic acids is 2. The molecule has 3 amide bonds. The van der Waals surface area contributed by atoms with Crippen LogP contribution in [0.25, 0.3) is 0 Å². The molecule has 0 saturated carbocycles. The zero-order chi connectivity index (χ0) is 22.9. The van der Waals surface area contributed by atoms with Crippen molar-refractivity contribution < 1.29 is 9.59 Å². The van der Waals surface area contributed by atoms with E-state index in [0.717, 1.165) is 31.4 Å². The molecule has 5 nitrogen and oxygen atoms in total. The van der Waals surface area contributed by atoms with Crippen molar-refractivity contribution in [3.63, 3.8) is 0 Å². The van der Waals surface area contributed by atoms with E-state index in [1.165, 1.54) is 16.7 Å². The van der Waals surface area contributed by atoms with E-state index in [-0.39, 0.29) is 24.4 Å². The lowest BCUT2D eigenvalue weighted by molar-refractivity contribution is -0.122. The van der Waals surface area contributed by atoms with Crippen LogP contribution in [0.15, 0.2) is 84.9 Å². The van der Waals surface area contributed by atoms with E-state index in [0.29, 0.717) is 13.1 Å². The number of anilines is 1. The fourth-order valence-electron chi connectivity index (χ4n) is 4.35. The number of nitrogens with zero attached hydrogens (tertiary/aromatic N) is 1. The number of urea groups is 1. The summed E-state index contributed by atoms with van der Waals surface area (Å²) in [6, 6.07) is 27.7. The number of benzene rings is 3. The molecule has 1 aliphatic carbocycles. The highest BCUT2D eigenvalue weighted by molar-refractivity contribution is 5.89. The molecule has 170 valence electrons. The van der Waals surface area contributed by atoms with Crippen LogP contribution in [-0.4, -0.2) is 29.9 Å². The first-order valence-electron chi connectivity index (χ1n) is 11.7. The minimum Gasteiger partial charge on any atom is -0.349 e. The van der Waals surface area contributed by atoms with E-state index in [1.807, 2.05) is 54.6 Å². The van der Waals surface area contributed by atoms with Crippen LogP contribution < -0.4 is 10.6 Å². The number of rotatable bonds is 8. The zero-order valence-electron chi connectivity index (χ0n) is 18.9. The van der Waals surface area contributed by atoms with Gasteiger partial charge in [-0.3, -0.25) is 4.79 Å². The Labute approximate surface area is 195 Å². The Hall–Kier alpha value is -3.60. The fourth-order valence-corrected chi connectivity index (χ4v) is 4.35. The standard InChI is InChI=1S/C28H31N3O2/c32-27(30-26-17-9-13-23-12-7-8-16-25(23)26)19-21-31(20-18-22-10-3-1-4-11-22)28(33)29-24-14-5-2-6-15-24/h1-8,10-12,14-16,26H,9,13,17-21H2,(H,29,33)(H,30,32). The predicted molar refractivity (Wildman–Crippen MR) is 132 cm³/mol. The summed E-state index contributed by atoms with van der Waals surface area (Å²) in [7, 11) is 0. The summed E-state index contributed by atoms with van der Waals surface area (Å²) in [5.41, 5.74) is 4.45. The number of amides is 3. The van der Waals surface area contributed by atoms with Crippen LogP contribution in [0.5, 0.6) is 0 Å². The Morgan fingerprint density at radius 1 is 0.848 bits per heavy atom. The molecular formula is C28H31N3O2. The van der Waals surface area contributed by atoms with Gasteiger partial charge in [0.2, 0.25) is 5.91 Å². The van der Waals surface area contributed by atoms with Gasteiger partial charge >= 0.3 is 6.03 Å². The first kappa shape index (κ1) is 22.6. The Morgan fingerprint density at radius 3 is 2.33 bits per heavy atom. The number of para-hydroxylation sites is 1. The molecule has 0 radical (unpaired) electrons. The average Bonchev–Trinajstić information content (AvgIpc) is 2.85. The van der Waals surface area contributed by atoms with Gasteiger partial charge in [0, 0.05) is 25.2 Å². The predicted octanol–water partition coefficient (Wildman–Crippen LogP) is 5.35. The summed E-state index contributed by atoms with van der Waals surface area (Å²) in [5, 5.41) is 6.15. The minimum absolute atomic E-state index is 0.0195. The highest BCUT2D eigenvalue weighted by Gasteiger charge is 2.22. The zero-order valence-corrected chi connectivity index (χ0v) is 18.9. The second-order valence-corrected chi connectivity index (χ2v) is 8.48. The Kier molecular flexibility index (Phi) is 7.75. The molecule has 0 heterocycles. The maximum absolute atomic E-state index is 13.0. The van der Waals surface area contributed by atoms with Gasteiger partial charge in [0.15, 0.2) is 0 Å². The number of hydrogen-bond acceptors (Lipinski definition) is 2. The lowest BCUT2D eigenvalue weighted by Crippen LogP contribution is -2.40. The summed E-state index contributed by atoms with van der Waals surface area (Å²) in [6.45, 7) is 0.911. The SMILES string of the molecule is O=C(CCN(CCc1ccccc1)C(=O)Nc1ccccc1)NC1CCCc2ccccc21. The third-order valence-electron chi connectivity index (χ3n) is 6.14. The second kappa shape index (κ2) is 11.3. The van der Waals surface area contributed by atoms with Crippen molar-refractivity contribution in [3.8, 4) is 0 Å². The third kappa shape index (κ3) is 6.45. The van der Waals surface area contributed by atoms with Gasteiger partial charge in [0.1, 0.15) is 0 Å². The van der Waals surface area contributed by atoms with Crippen LogP contribution in [0.4, 0.5) is 10.5 Å². The van der Waals surface area contributed by atoms with Crippen molar-refractivity contribution in [1.29, 1.82) is 0 Å². The molecule has 4 rings (SSSR count). The molecule has 2 N–H and O–H groups in total. The van der Waals surface area contributed by atoms with Crippen molar-refractivity contribution in [2.75, 3.05) is 18.4 Å². The molecule has 0 saturated heterocycles. The summed E-state index contributed by atoms with van der Waals surface area (Å²) >= 11 is 0. The van der Waals surface area contributed by atoms with Crippen molar-refractivity contribution >= 4 is 17.6 Å². The average molecular weight is 442 g/mol. The number of hydrogen-bond donors (Lipinski definition) is 2. The van der Waals surface area contributed by atoms with Crippen LogP contribution in [0.1, 0.15) is 42.0 Å². The Morgan fingerprint density at radius 2 is 1.55 bits per heavy atom. The molecule has 0 aromatic heterocycles. The molecule has 1 atom stereocenters. The highest BCUT2D eigenvalue weighted by atomic mass is 16.2. The molecule has 3 aromatic rings. The largest absolute Gasteiger partial charge is 0.349 e. The highest BCUT2D eigenvalue weighted by Crippen LogP contribution is 2.29. The topological polar surface area (TPSA) is 61.4 Å². The van der Waals surface area contributed by atoms with Crippen LogP contribution >= 0.6 is 0 Å². The quantitative estimate of drug-likeness (QED) is 0.495. The molecule has 1 aliphatic rings. The number of fused-ring (bicyclic) bond motifs is 1. The van der Waals surface area contributed by atoms with Crippen LogP contribution in [-0.2, 0) is 17.6 Å². The molecule has 0 aliphatic heterocycles. The van der Waals surface area contributed by atoms with E-state index in [1.54, 1.807) is 4.90 Å². The van der Waals surface area contributed by atoms with E-state index < -0.39 is 0 Å². The normalized spacial score (nSPS) is 14.7. The van der Waals surface area contributed by atoms with Gasteiger partial charge < -0.3 is 15.5 Å². The lowest BCUT2D eigenvalue weighted by atomic mass is 9.87. The molecule has 5 heteroatoms. The molecule has 1 unspecified atom stereocenters. The van der Waals surface area contributed by atoms with Crippen molar-refractivity contribution in [1.82, 2.24) is 10.2 Å². The molecule has 0 fully saturated rings. The number of carbonyl (C=O) groups is 2. The summed E-state index contributed by atoms with van der Waals surface area (Å²) in [4.78, 5) is 27.5.